The molecule has 0 N–H and O–H groups in total. The van der Waals surface area contributed by atoms with Gasteiger partial charge in [-0.2, -0.15) is 0 Å². The lowest BCUT2D eigenvalue weighted by Gasteiger charge is -2.35. The Labute approximate surface area is 183 Å². The van der Waals surface area contributed by atoms with Crippen molar-refractivity contribution >= 4 is 30.0 Å². The Kier molecular flexibility index (Phi) is 7.81. The van der Waals surface area contributed by atoms with E-state index in [-0.39, 0.29) is 12.4 Å². The normalized spacial score (nSPS) is 14.3. The molecular formula is C23H26ClN3OS. The fourth-order valence-corrected chi connectivity index (χ4v) is 4.52. The van der Waals surface area contributed by atoms with Crippen molar-refractivity contribution in [2.45, 2.75) is 16.3 Å². The Bertz CT molecular complexity index is 901. The largest absolute Gasteiger partial charge is 0.496 e. The van der Waals surface area contributed by atoms with Crippen LogP contribution in [0.25, 0.3) is 0 Å². The minimum atomic E-state index is 0. The number of halogens is 1. The van der Waals surface area contributed by atoms with Gasteiger partial charge in [0.15, 0.2) is 0 Å². The molecule has 1 aromatic heterocycles. The Morgan fingerprint density at radius 2 is 1.55 bits per heavy atom. The number of anilines is 1. The van der Waals surface area contributed by atoms with Crippen LogP contribution in [0.5, 0.6) is 5.75 Å². The van der Waals surface area contributed by atoms with E-state index in [1.807, 2.05) is 24.4 Å². The predicted molar refractivity (Wildman–Crippen MR) is 123 cm³/mol. The lowest BCUT2D eigenvalue weighted by Crippen LogP contribution is -2.46. The van der Waals surface area contributed by atoms with Crippen molar-refractivity contribution in [3.8, 4) is 5.75 Å². The Balaban J connectivity index is 0.00000240. The maximum absolute atomic E-state index is 5.52. The third-order valence-corrected chi connectivity index (χ3v) is 6.18. The van der Waals surface area contributed by atoms with Crippen molar-refractivity contribution in [2.24, 2.45) is 0 Å². The van der Waals surface area contributed by atoms with E-state index in [4.69, 9.17) is 4.74 Å². The highest BCUT2D eigenvalue weighted by Gasteiger charge is 2.19. The van der Waals surface area contributed by atoms with Crippen LogP contribution in [0.15, 0.2) is 82.7 Å². The van der Waals surface area contributed by atoms with Gasteiger partial charge in [0.1, 0.15) is 11.6 Å². The number of nitrogens with zero attached hydrogens (tertiary/aromatic N) is 3. The summed E-state index contributed by atoms with van der Waals surface area (Å²) in [7, 11) is 1.73. The Hall–Kier alpha value is -2.21. The summed E-state index contributed by atoms with van der Waals surface area (Å²) in [5.41, 5.74) is 1.37. The highest BCUT2D eigenvalue weighted by Crippen LogP contribution is 2.36. The number of rotatable bonds is 6. The molecule has 0 bridgehead atoms. The molecule has 1 fully saturated rings. The summed E-state index contributed by atoms with van der Waals surface area (Å²) in [6, 6.07) is 23.0. The first kappa shape index (κ1) is 21.5. The molecule has 2 heterocycles. The average Bonchev–Trinajstić information content (AvgIpc) is 2.77. The second-order valence-corrected chi connectivity index (χ2v) is 7.90. The molecule has 3 aromatic rings. The highest BCUT2D eigenvalue weighted by molar-refractivity contribution is 7.99. The first-order chi connectivity index (χ1) is 13.8. The number of aromatic nitrogens is 1. The molecule has 0 aliphatic carbocycles. The minimum Gasteiger partial charge on any atom is -0.496 e. The van der Waals surface area contributed by atoms with Gasteiger partial charge >= 0.3 is 0 Å². The van der Waals surface area contributed by atoms with E-state index in [9.17, 15) is 0 Å². The molecule has 1 saturated heterocycles. The number of pyridine rings is 1. The van der Waals surface area contributed by atoms with Gasteiger partial charge in [-0.1, -0.05) is 48.2 Å². The van der Waals surface area contributed by atoms with Crippen molar-refractivity contribution < 1.29 is 4.74 Å². The lowest BCUT2D eigenvalue weighted by molar-refractivity contribution is 0.247. The molecule has 29 heavy (non-hydrogen) atoms. The van der Waals surface area contributed by atoms with Crippen molar-refractivity contribution in [1.82, 2.24) is 9.88 Å². The second-order valence-electron chi connectivity index (χ2n) is 6.81. The van der Waals surface area contributed by atoms with Gasteiger partial charge in [-0.05, 0) is 35.9 Å². The van der Waals surface area contributed by atoms with Gasteiger partial charge in [0.05, 0.1) is 12.0 Å². The second kappa shape index (κ2) is 10.5. The number of hydrogen-bond acceptors (Lipinski definition) is 5. The molecule has 0 spiro atoms. The summed E-state index contributed by atoms with van der Waals surface area (Å²) in [6.45, 7) is 5.08. The summed E-state index contributed by atoms with van der Waals surface area (Å²) in [5.74, 6) is 2.00. The van der Waals surface area contributed by atoms with Crippen molar-refractivity contribution in [1.29, 1.82) is 0 Å². The van der Waals surface area contributed by atoms with Gasteiger partial charge in [-0.15, -0.1) is 12.4 Å². The van der Waals surface area contributed by atoms with Crippen LogP contribution in [-0.4, -0.2) is 43.2 Å². The van der Waals surface area contributed by atoms with Gasteiger partial charge < -0.3 is 9.64 Å². The zero-order chi connectivity index (χ0) is 19.2. The summed E-state index contributed by atoms with van der Waals surface area (Å²) in [4.78, 5) is 11.8. The fraction of sp³-hybridized carbons (Fsp3) is 0.261. The molecular weight excluding hydrogens is 402 g/mol. The summed E-state index contributed by atoms with van der Waals surface area (Å²) in [5, 5.41) is 0. The van der Waals surface area contributed by atoms with Crippen molar-refractivity contribution in [3.05, 3.63) is 78.5 Å². The maximum Gasteiger partial charge on any atom is 0.132 e. The molecule has 0 unspecified atom stereocenters. The molecule has 1 aliphatic heterocycles. The molecule has 1 aliphatic rings. The standard InChI is InChI=1S/C23H25N3OS.ClH/c1-27-20-9-3-5-11-22(20)28-21-10-4-2-8-19(21)18-25-14-16-26(17-15-25)23-12-6-7-13-24-23;/h2-13H,14-18H2,1H3;1H. The molecule has 0 atom stereocenters. The van der Waals surface area contributed by atoms with E-state index < -0.39 is 0 Å². The zero-order valence-electron chi connectivity index (χ0n) is 16.5. The van der Waals surface area contributed by atoms with Crippen LogP contribution in [0.1, 0.15) is 5.56 Å². The van der Waals surface area contributed by atoms with Gasteiger partial charge in [0.25, 0.3) is 0 Å². The van der Waals surface area contributed by atoms with Crippen LogP contribution in [0.2, 0.25) is 0 Å². The highest BCUT2D eigenvalue weighted by atomic mass is 35.5. The van der Waals surface area contributed by atoms with Crippen LogP contribution in [0.4, 0.5) is 5.82 Å². The average molecular weight is 428 g/mol. The van der Waals surface area contributed by atoms with E-state index in [1.165, 1.54) is 10.5 Å². The van der Waals surface area contributed by atoms with Crippen LogP contribution in [-0.2, 0) is 6.54 Å². The summed E-state index contributed by atoms with van der Waals surface area (Å²) in [6.07, 6.45) is 1.87. The Morgan fingerprint density at radius 3 is 2.28 bits per heavy atom. The molecule has 0 amide bonds. The molecule has 152 valence electrons. The molecule has 4 nitrogen and oxygen atoms in total. The van der Waals surface area contributed by atoms with E-state index in [2.05, 4.69) is 63.3 Å². The third kappa shape index (κ3) is 5.44. The van der Waals surface area contributed by atoms with Crippen LogP contribution in [0.3, 0.4) is 0 Å². The van der Waals surface area contributed by atoms with Gasteiger partial charge in [0, 0.05) is 43.8 Å². The Morgan fingerprint density at radius 1 is 0.862 bits per heavy atom. The number of ether oxygens (including phenoxy) is 1. The predicted octanol–water partition coefficient (Wildman–Crippen LogP) is 4.99. The molecule has 0 radical (unpaired) electrons. The van der Waals surface area contributed by atoms with Crippen molar-refractivity contribution in [2.75, 3.05) is 38.2 Å². The van der Waals surface area contributed by atoms with E-state index in [0.29, 0.717) is 0 Å². The van der Waals surface area contributed by atoms with Crippen molar-refractivity contribution in [3.63, 3.8) is 0 Å². The monoisotopic (exact) mass is 427 g/mol. The third-order valence-electron chi connectivity index (χ3n) is 5.00. The first-order valence-corrected chi connectivity index (χ1v) is 10.4. The quantitative estimate of drug-likeness (QED) is 0.553. The molecule has 2 aromatic carbocycles. The minimum absolute atomic E-state index is 0. The molecule has 6 heteroatoms. The smallest absolute Gasteiger partial charge is 0.132 e. The van der Waals surface area contributed by atoms with E-state index in [1.54, 1.807) is 18.9 Å². The van der Waals surface area contributed by atoms with Gasteiger partial charge in [-0.3, -0.25) is 4.90 Å². The van der Waals surface area contributed by atoms with Crippen LogP contribution < -0.4 is 9.64 Å². The zero-order valence-corrected chi connectivity index (χ0v) is 18.2. The lowest BCUT2D eigenvalue weighted by atomic mass is 10.2. The summed E-state index contributed by atoms with van der Waals surface area (Å²) >= 11 is 1.78. The van der Waals surface area contributed by atoms with E-state index in [0.717, 1.165) is 49.2 Å². The maximum atomic E-state index is 5.52. The fourth-order valence-electron chi connectivity index (χ4n) is 3.47. The van der Waals surface area contributed by atoms with Crippen LogP contribution in [0, 0.1) is 0 Å². The van der Waals surface area contributed by atoms with Crippen LogP contribution >= 0.6 is 24.2 Å². The topological polar surface area (TPSA) is 28.6 Å². The number of benzene rings is 2. The first-order valence-electron chi connectivity index (χ1n) is 9.60. The van der Waals surface area contributed by atoms with Gasteiger partial charge in [-0.25, -0.2) is 4.98 Å². The number of methoxy groups -OCH3 is 1. The number of para-hydroxylation sites is 1. The molecule has 0 saturated carbocycles. The number of piperazine rings is 1. The SMILES string of the molecule is COc1ccccc1Sc1ccccc1CN1CCN(c2ccccn2)CC1.Cl. The number of hydrogen-bond donors (Lipinski definition) is 0. The molecule has 4 rings (SSSR count). The summed E-state index contributed by atoms with van der Waals surface area (Å²) < 4.78 is 5.52. The van der Waals surface area contributed by atoms with Gasteiger partial charge in [0.2, 0.25) is 0 Å². The van der Waals surface area contributed by atoms with E-state index >= 15 is 0 Å².